The molecule has 0 amide bonds. The Labute approximate surface area is 175 Å². The van der Waals surface area contributed by atoms with Crippen molar-refractivity contribution in [3.05, 3.63) is 59.2 Å². The molecule has 1 aliphatic heterocycles. The second kappa shape index (κ2) is 11.4. The topological polar surface area (TPSA) is 50.3 Å². The molecule has 5 heteroatoms. The molecule has 2 heterocycles. The zero-order valence-corrected chi connectivity index (χ0v) is 18.2. The average molecular weight is 397 g/mol. The van der Waals surface area contributed by atoms with Gasteiger partial charge in [-0.05, 0) is 42.9 Å². The molecule has 1 N–H and O–H groups in total. The minimum atomic E-state index is 0.525. The van der Waals surface area contributed by atoms with Crippen molar-refractivity contribution in [2.24, 2.45) is 5.92 Å². The van der Waals surface area contributed by atoms with Gasteiger partial charge in [0.05, 0.1) is 6.61 Å². The molecule has 29 heavy (non-hydrogen) atoms. The van der Waals surface area contributed by atoms with E-state index in [-0.39, 0.29) is 0 Å². The summed E-state index contributed by atoms with van der Waals surface area (Å²) in [5, 5.41) is 3.70. The maximum atomic E-state index is 5.08. The van der Waals surface area contributed by atoms with E-state index in [2.05, 4.69) is 58.3 Å². The summed E-state index contributed by atoms with van der Waals surface area (Å²) < 4.78 is 5.08. The lowest BCUT2D eigenvalue weighted by Crippen LogP contribution is -2.45. The standard InChI is InChI=1S/C24H36N4O/c1-19(2)13-20-6-8-21(9-7-20)17-28-11-4-5-23(18-28)25-14-22-15-26-24(27-16-22)10-12-29-3/h6-9,15-16,19,23,25H,4-5,10-14,17-18H2,1-3H3/t23-/m1/s1. The fourth-order valence-electron chi connectivity index (χ4n) is 3.93. The third kappa shape index (κ3) is 7.50. The van der Waals surface area contributed by atoms with Crippen LogP contribution in [0.2, 0.25) is 0 Å². The van der Waals surface area contributed by atoms with E-state index in [0.717, 1.165) is 43.9 Å². The Morgan fingerprint density at radius 1 is 1.10 bits per heavy atom. The van der Waals surface area contributed by atoms with E-state index in [4.69, 9.17) is 4.74 Å². The lowest BCUT2D eigenvalue weighted by atomic mass is 10.0. The third-order valence-electron chi connectivity index (χ3n) is 5.46. The van der Waals surface area contributed by atoms with Gasteiger partial charge in [-0.1, -0.05) is 38.1 Å². The number of ether oxygens (including phenoxy) is 1. The van der Waals surface area contributed by atoms with Crippen molar-refractivity contribution in [3.8, 4) is 0 Å². The van der Waals surface area contributed by atoms with E-state index in [1.165, 1.54) is 30.5 Å². The van der Waals surface area contributed by atoms with Gasteiger partial charge in [0.1, 0.15) is 5.82 Å². The van der Waals surface area contributed by atoms with Gasteiger partial charge >= 0.3 is 0 Å². The number of piperidine rings is 1. The van der Waals surface area contributed by atoms with Crippen LogP contribution in [0.1, 0.15) is 49.2 Å². The number of hydrogen-bond donors (Lipinski definition) is 1. The first-order valence-electron chi connectivity index (χ1n) is 10.9. The van der Waals surface area contributed by atoms with Crippen LogP contribution in [0.15, 0.2) is 36.7 Å². The van der Waals surface area contributed by atoms with Gasteiger partial charge in [0.2, 0.25) is 0 Å². The summed E-state index contributed by atoms with van der Waals surface area (Å²) in [6.45, 7) is 9.36. The van der Waals surface area contributed by atoms with Gasteiger partial charge in [-0.15, -0.1) is 0 Å². The van der Waals surface area contributed by atoms with Crippen LogP contribution in [0.3, 0.4) is 0 Å². The number of nitrogens with one attached hydrogen (secondary N) is 1. The Balaban J connectivity index is 1.44. The van der Waals surface area contributed by atoms with Crippen LogP contribution >= 0.6 is 0 Å². The quantitative estimate of drug-likeness (QED) is 0.665. The van der Waals surface area contributed by atoms with Crippen molar-refractivity contribution in [1.82, 2.24) is 20.2 Å². The molecular formula is C24H36N4O. The minimum Gasteiger partial charge on any atom is -0.384 e. The molecule has 1 aromatic carbocycles. The molecule has 0 aliphatic carbocycles. The van der Waals surface area contributed by atoms with E-state index >= 15 is 0 Å². The number of nitrogens with zero attached hydrogens (tertiary/aromatic N) is 3. The lowest BCUT2D eigenvalue weighted by molar-refractivity contribution is 0.182. The molecule has 0 spiro atoms. The Hall–Kier alpha value is -1.82. The van der Waals surface area contributed by atoms with Crippen molar-refractivity contribution < 1.29 is 4.74 Å². The minimum absolute atomic E-state index is 0.525. The second-order valence-electron chi connectivity index (χ2n) is 8.62. The van der Waals surface area contributed by atoms with E-state index in [9.17, 15) is 0 Å². The highest BCUT2D eigenvalue weighted by Gasteiger charge is 2.19. The molecule has 2 aromatic rings. The van der Waals surface area contributed by atoms with Crippen molar-refractivity contribution in [1.29, 1.82) is 0 Å². The first-order valence-corrected chi connectivity index (χ1v) is 10.9. The zero-order chi connectivity index (χ0) is 20.5. The molecule has 0 unspecified atom stereocenters. The Morgan fingerprint density at radius 2 is 1.83 bits per heavy atom. The highest BCUT2D eigenvalue weighted by molar-refractivity contribution is 5.23. The smallest absolute Gasteiger partial charge is 0.130 e. The third-order valence-corrected chi connectivity index (χ3v) is 5.46. The summed E-state index contributed by atoms with van der Waals surface area (Å²) >= 11 is 0. The Bertz CT molecular complexity index is 715. The SMILES string of the molecule is COCCc1ncc(CN[C@@H]2CCCN(Cc3ccc(CC(C)C)cc3)C2)cn1. The predicted molar refractivity (Wildman–Crippen MR) is 118 cm³/mol. The van der Waals surface area contributed by atoms with Crippen molar-refractivity contribution in [3.63, 3.8) is 0 Å². The molecule has 1 atom stereocenters. The summed E-state index contributed by atoms with van der Waals surface area (Å²) in [5.74, 6) is 1.56. The number of likely N-dealkylation sites (tertiary alicyclic amines) is 1. The van der Waals surface area contributed by atoms with Crippen LogP contribution in [-0.2, 0) is 30.7 Å². The van der Waals surface area contributed by atoms with E-state index < -0.39 is 0 Å². The number of methoxy groups -OCH3 is 1. The van der Waals surface area contributed by atoms with Gasteiger partial charge in [0, 0.05) is 57.2 Å². The van der Waals surface area contributed by atoms with Crippen molar-refractivity contribution >= 4 is 0 Å². The number of aromatic nitrogens is 2. The molecular weight excluding hydrogens is 360 g/mol. The van der Waals surface area contributed by atoms with E-state index in [1.807, 2.05) is 12.4 Å². The number of hydrogen-bond acceptors (Lipinski definition) is 5. The van der Waals surface area contributed by atoms with Crippen LogP contribution in [0.4, 0.5) is 0 Å². The Morgan fingerprint density at radius 3 is 2.52 bits per heavy atom. The van der Waals surface area contributed by atoms with Gasteiger partial charge in [0.25, 0.3) is 0 Å². The lowest BCUT2D eigenvalue weighted by Gasteiger charge is -2.33. The van der Waals surface area contributed by atoms with Crippen molar-refractivity contribution in [2.75, 3.05) is 26.8 Å². The van der Waals surface area contributed by atoms with Gasteiger partial charge in [0.15, 0.2) is 0 Å². The molecule has 0 saturated carbocycles. The molecule has 1 aromatic heterocycles. The summed E-state index contributed by atoms with van der Waals surface area (Å²) in [5.41, 5.74) is 4.00. The van der Waals surface area contributed by atoms with Crippen LogP contribution in [0.5, 0.6) is 0 Å². The summed E-state index contributed by atoms with van der Waals surface area (Å²) in [7, 11) is 1.70. The molecule has 3 rings (SSSR count). The average Bonchev–Trinajstić information content (AvgIpc) is 2.73. The molecule has 5 nitrogen and oxygen atoms in total. The summed E-state index contributed by atoms with van der Waals surface area (Å²) in [6, 6.07) is 9.72. The van der Waals surface area contributed by atoms with Crippen LogP contribution in [0, 0.1) is 5.92 Å². The van der Waals surface area contributed by atoms with E-state index in [0.29, 0.717) is 18.6 Å². The monoisotopic (exact) mass is 396 g/mol. The zero-order valence-electron chi connectivity index (χ0n) is 18.2. The van der Waals surface area contributed by atoms with Crippen molar-refractivity contribution in [2.45, 2.75) is 58.7 Å². The van der Waals surface area contributed by atoms with Gasteiger partial charge in [-0.3, -0.25) is 4.90 Å². The molecule has 1 aliphatic rings. The molecule has 158 valence electrons. The van der Waals surface area contributed by atoms with Crippen LogP contribution in [-0.4, -0.2) is 47.7 Å². The molecule has 1 fully saturated rings. The number of benzene rings is 1. The predicted octanol–water partition coefficient (Wildman–Crippen LogP) is 3.62. The number of rotatable bonds is 10. The fraction of sp³-hybridized carbons (Fsp3) is 0.583. The summed E-state index contributed by atoms with van der Waals surface area (Å²) in [4.78, 5) is 11.4. The molecule has 0 radical (unpaired) electrons. The Kier molecular flexibility index (Phi) is 8.59. The first kappa shape index (κ1) is 21.9. The maximum absolute atomic E-state index is 5.08. The largest absolute Gasteiger partial charge is 0.384 e. The van der Waals surface area contributed by atoms with Crippen LogP contribution in [0.25, 0.3) is 0 Å². The van der Waals surface area contributed by atoms with Crippen LogP contribution < -0.4 is 5.32 Å². The fourth-order valence-corrected chi connectivity index (χ4v) is 3.93. The molecule has 1 saturated heterocycles. The van der Waals surface area contributed by atoms with Gasteiger partial charge in [-0.25, -0.2) is 9.97 Å². The highest BCUT2D eigenvalue weighted by Crippen LogP contribution is 2.16. The normalized spacial score (nSPS) is 17.7. The molecule has 0 bridgehead atoms. The summed E-state index contributed by atoms with van der Waals surface area (Å²) in [6.07, 6.45) is 8.27. The second-order valence-corrected chi connectivity index (χ2v) is 8.62. The highest BCUT2D eigenvalue weighted by atomic mass is 16.5. The van der Waals surface area contributed by atoms with Gasteiger partial charge < -0.3 is 10.1 Å². The maximum Gasteiger partial charge on any atom is 0.130 e. The van der Waals surface area contributed by atoms with Gasteiger partial charge in [-0.2, -0.15) is 0 Å². The first-order chi connectivity index (χ1) is 14.1. The van der Waals surface area contributed by atoms with E-state index in [1.54, 1.807) is 7.11 Å².